The highest BCUT2D eigenvalue weighted by Gasteiger charge is 2.17. The average Bonchev–Trinajstić information content (AvgIpc) is 3.72. The molecule has 3 heterocycles. The molecule has 0 unspecified atom stereocenters. The van der Waals surface area contributed by atoms with Crippen LogP contribution in [0, 0.1) is 0 Å². The van der Waals surface area contributed by atoms with E-state index < -0.39 is 0 Å². The predicted molar refractivity (Wildman–Crippen MR) is 221 cm³/mol. The molecule has 4 nitrogen and oxygen atoms in total. The third kappa shape index (κ3) is 5.95. The lowest BCUT2D eigenvalue weighted by atomic mass is 10.0. The number of fused-ring (bicyclic) bond motifs is 6. The zero-order valence-corrected chi connectivity index (χ0v) is 30.5. The Morgan fingerprint density at radius 3 is 1.73 bits per heavy atom. The molecule has 0 aliphatic heterocycles. The van der Waals surface area contributed by atoms with Gasteiger partial charge in [-0.1, -0.05) is 112 Å². The van der Waals surface area contributed by atoms with Crippen molar-refractivity contribution in [1.29, 1.82) is 0 Å². The van der Waals surface area contributed by atoms with E-state index in [-0.39, 0.29) is 0 Å². The molecular formula is C47H40N4S. The number of rotatable bonds is 10. The smallest absolute Gasteiger partial charge is 0.164 e. The number of aromatic nitrogens is 4. The van der Waals surface area contributed by atoms with Gasteiger partial charge in [0, 0.05) is 53.3 Å². The maximum Gasteiger partial charge on any atom is 0.164 e. The third-order valence-electron chi connectivity index (χ3n) is 10.2. The molecular weight excluding hydrogens is 653 g/mol. The van der Waals surface area contributed by atoms with Crippen molar-refractivity contribution < 1.29 is 0 Å². The molecule has 0 amide bonds. The van der Waals surface area contributed by atoms with Gasteiger partial charge in [0.1, 0.15) is 0 Å². The monoisotopic (exact) mass is 692 g/mol. The van der Waals surface area contributed by atoms with E-state index in [1.165, 1.54) is 78.8 Å². The Kier molecular flexibility index (Phi) is 8.57. The Bertz CT molecular complexity index is 2690. The minimum atomic E-state index is 0.665. The molecule has 9 aromatic rings. The van der Waals surface area contributed by atoms with Crippen LogP contribution < -0.4 is 0 Å². The quantitative estimate of drug-likeness (QED) is 0.143. The second kappa shape index (κ2) is 13.8. The summed E-state index contributed by atoms with van der Waals surface area (Å²) in [6, 6.07) is 48.2. The first-order chi connectivity index (χ1) is 25.7. The van der Waals surface area contributed by atoms with Gasteiger partial charge >= 0.3 is 0 Å². The van der Waals surface area contributed by atoms with Gasteiger partial charge in [0.15, 0.2) is 17.5 Å². The Morgan fingerprint density at radius 1 is 0.462 bits per heavy atom. The third-order valence-corrected chi connectivity index (χ3v) is 11.3. The van der Waals surface area contributed by atoms with Crippen LogP contribution in [-0.2, 0) is 12.8 Å². The van der Waals surface area contributed by atoms with Crippen LogP contribution in [0.4, 0.5) is 0 Å². The van der Waals surface area contributed by atoms with Crippen LogP contribution in [0.25, 0.3) is 81.8 Å². The van der Waals surface area contributed by atoms with Crippen molar-refractivity contribution in [2.75, 3.05) is 0 Å². The number of benzene rings is 6. The van der Waals surface area contributed by atoms with Crippen molar-refractivity contribution in [3.63, 3.8) is 0 Å². The van der Waals surface area contributed by atoms with Crippen LogP contribution in [0.15, 0.2) is 133 Å². The highest BCUT2D eigenvalue weighted by atomic mass is 32.1. The highest BCUT2D eigenvalue weighted by molar-refractivity contribution is 7.25. The van der Waals surface area contributed by atoms with Crippen molar-refractivity contribution in [3.05, 3.63) is 145 Å². The Morgan fingerprint density at radius 2 is 1.04 bits per heavy atom. The topological polar surface area (TPSA) is 43.6 Å². The Labute approximate surface area is 308 Å². The van der Waals surface area contributed by atoms with E-state index in [4.69, 9.17) is 15.0 Å². The molecule has 0 spiro atoms. The fraction of sp³-hybridized carbons (Fsp3) is 0.170. The lowest BCUT2D eigenvalue weighted by Crippen LogP contribution is -2.00. The van der Waals surface area contributed by atoms with E-state index in [1.54, 1.807) is 0 Å². The summed E-state index contributed by atoms with van der Waals surface area (Å²) in [6.45, 7) is 4.49. The molecule has 0 atom stereocenters. The standard InChI is InChI=1S/C47H40N4S/c1-3-5-12-31-18-21-34(22-19-31)46-48-45(33-14-8-7-9-15-33)49-47(50-46)35-23-25-36(26-24-35)51-41-17-11-10-16-37(41)39-29-40-38-27-20-32(13-6-4-2)28-43(38)52-44(40)30-42(39)51/h7-11,14-30H,3-6,12-13H2,1-2H3. The first-order valence-corrected chi connectivity index (χ1v) is 19.4. The van der Waals surface area contributed by atoms with Crippen molar-refractivity contribution in [2.24, 2.45) is 0 Å². The summed E-state index contributed by atoms with van der Waals surface area (Å²) in [5.74, 6) is 2.02. The van der Waals surface area contributed by atoms with Gasteiger partial charge in [0.05, 0.1) is 11.0 Å². The second-order valence-electron chi connectivity index (χ2n) is 13.8. The molecule has 254 valence electrons. The number of thiophene rings is 1. The summed E-state index contributed by atoms with van der Waals surface area (Å²) in [5, 5.41) is 5.22. The molecule has 0 fully saturated rings. The summed E-state index contributed by atoms with van der Waals surface area (Å²) < 4.78 is 5.09. The van der Waals surface area contributed by atoms with E-state index >= 15 is 0 Å². The van der Waals surface area contributed by atoms with E-state index in [9.17, 15) is 0 Å². The molecule has 52 heavy (non-hydrogen) atoms. The summed E-state index contributed by atoms with van der Waals surface area (Å²) in [7, 11) is 0. The fourth-order valence-electron chi connectivity index (χ4n) is 7.41. The van der Waals surface area contributed by atoms with Crippen LogP contribution in [0.5, 0.6) is 0 Å². The van der Waals surface area contributed by atoms with E-state index in [2.05, 4.69) is 134 Å². The number of nitrogens with zero attached hydrogens (tertiary/aromatic N) is 4. The minimum Gasteiger partial charge on any atom is -0.309 e. The fourth-order valence-corrected chi connectivity index (χ4v) is 8.59. The maximum atomic E-state index is 5.03. The summed E-state index contributed by atoms with van der Waals surface area (Å²) in [4.78, 5) is 15.0. The molecule has 0 saturated heterocycles. The SMILES string of the molecule is CCCCc1ccc(-c2nc(-c3ccccc3)nc(-c3ccc(-n4c5ccccc5c5cc6c(cc54)sc4cc(CCCC)ccc46)cc3)n2)cc1. The van der Waals surface area contributed by atoms with Gasteiger partial charge in [-0.15, -0.1) is 11.3 Å². The maximum absolute atomic E-state index is 5.03. The summed E-state index contributed by atoms with van der Waals surface area (Å²) >= 11 is 1.90. The second-order valence-corrected chi connectivity index (χ2v) is 14.9. The van der Waals surface area contributed by atoms with Crippen LogP contribution in [0.1, 0.15) is 50.7 Å². The van der Waals surface area contributed by atoms with Crippen LogP contribution in [-0.4, -0.2) is 19.5 Å². The predicted octanol–water partition coefficient (Wildman–Crippen LogP) is 13.0. The molecule has 0 bridgehead atoms. The number of unbranched alkanes of at least 4 members (excludes halogenated alkanes) is 2. The normalized spacial score (nSPS) is 11.7. The first kappa shape index (κ1) is 32.3. The minimum absolute atomic E-state index is 0.665. The lowest BCUT2D eigenvalue weighted by molar-refractivity contribution is 0.795. The molecule has 0 N–H and O–H groups in total. The van der Waals surface area contributed by atoms with Crippen molar-refractivity contribution in [1.82, 2.24) is 19.5 Å². The summed E-state index contributed by atoms with van der Waals surface area (Å²) in [5.41, 5.74) is 9.22. The van der Waals surface area contributed by atoms with Gasteiger partial charge in [0.2, 0.25) is 0 Å². The van der Waals surface area contributed by atoms with E-state index in [0.29, 0.717) is 17.5 Å². The number of hydrogen-bond acceptors (Lipinski definition) is 4. The number of hydrogen-bond donors (Lipinski definition) is 0. The average molecular weight is 693 g/mol. The van der Waals surface area contributed by atoms with Gasteiger partial charge in [0.25, 0.3) is 0 Å². The van der Waals surface area contributed by atoms with Crippen LogP contribution in [0.3, 0.4) is 0 Å². The van der Waals surface area contributed by atoms with E-state index in [1.807, 2.05) is 29.5 Å². The first-order valence-electron chi connectivity index (χ1n) is 18.6. The van der Waals surface area contributed by atoms with Crippen molar-refractivity contribution in [3.8, 4) is 39.9 Å². The van der Waals surface area contributed by atoms with Crippen LogP contribution in [0.2, 0.25) is 0 Å². The number of aryl methyl sites for hydroxylation is 2. The molecule has 0 radical (unpaired) electrons. The molecule has 3 aromatic heterocycles. The Balaban J connectivity index is 1.14. The zero-order chi connectivity index (χ0) is 35.0. The molecule has 0 aliphatic carbocycles. The zero-order valence-electron chi connectivity index (χ0n) is 29.6. The van der Waals surface area contributed by atoms with Gasteiger partial charge in [-0.05, 0) is 85.3 Å². The number of para-hydroxylation sites is 1. The van der Waals surface area contributed by atoms with Gasteiger partial charge in [-0.2, -0.15) is 0 Å². The molecule has 5 heteroatoms. The molecule has 6 aromatic carbocycles. The molecule has 0 saturated carbocycles. The van der Waals surface area contributed by atoms with Gasteiger partial charge < -0.3 is 4.57 Å². The molecule has 0 aliphatic rings. The largest absolute Gasteiger partial charge is 0.309 e. The molecule has 9 rings (SSSR count). The van der Waals surface area contributed by atoms with E-state index in [0.717, 1.165) is 35.2 Å². The van der Waals surface area contributed by atoms with Crippen molar-refractivity contribution >= 4 is 53.3 Å². The van der Waals surface area contributed by atoms with Gasteiger partial charge in [-0.3, -0.25) is 0 Å². The Hall–Kier alpha value is -5.65. The summed E-state index contributed by atoms with van der Waals surface area (Å²) in [6.07, 6.45) is 7.04. The van der Waals surface area contributed by atoms with Gasteiger partial charge in [-0.25, -0.2) is 15.0 Å². The highest BCUT2D eigenvalue weighted by Crippen LogP contribution is 2.41. The lowest BCUT2D eigenvalue weighted by Gasteiger charge is -2.11. The van der Waals surface area contributed by atoms with Crippen molar-refractivity contribution in [2.45, 2.75) is 52.4 Å². The van der Waals surface area contributed by atoms with Crippen LogP contribution >= 0.6 is 11.3 Å².